The van der Waals surface area contributed by atoms with Crippen molar-refractivity contribution in [1.29, 1.82) is 0 Å². The van der Waals surface area contributed by atoms with E-state index in [0.29, 0.717) is 11.1 Å². The van der Waals surface area contributed by atoms with Gasteiger partial charge in [0.1, 0.15) is 0 Å². The van der Waals surface area contributed by atoms with E-state index in [4.69, 9.17) is 11.3 Å². The molecule has 0 spiro atoms. The molecule has 5 rings (SSSR count). The van der Waals surface area contributed by atoms with E-state index in [9.17, 15) is 4.79 Å². The molecule has 5 heteroatoms. The van der Waals surface area contributed by atoms with E-state index >= 15 is 0 Å². The maximum Gasteiger partial charge on any atom is 0.262 e. The van der Waals surface area contributed by atoms with Gasteiger partial charge in [0.25, 0.3) is 5.56 Å². The van der Waals surface area contributed by atoms with E-state index in [-0.39, 0.29) is 17.8 Å². The first kappa shape index (κ1) is 21.0. The standard InChI is InChI=1S/C28H25N3O2/c1-19-17-30(18-20(2)33-19)23-11-13-24(14-12-23)31-16-15-26-25(5-4-6-27(26)28(31)32)21-7-9-22(29-3)10-8-21/h4-16,19-20H,17-18H2,1-2H3/t19-,20+. The molecule has 2 heterocycles. The molecule has 0 aliphatic carbocycles. The molecule has 1 aromatic heterocycles. The first-order chi connectivity index (χ1) is 16.0. The molecule has 1 aliphatic heterocycles. The maximum atomic E-state index is 13.4. The lowest BCUT2D eigenvalue weighted by molar-refractivity contribution is -0.00521. The van der Waals surface area contributed by atoms with Crippen molar-refractivity contribution >= 4 is 22.1 Å². The molecule has 1 fully saturated rings. The highest BCUT2D eigenvalue weighted by Gasteiger charge is 2.22. The van der Waals surface area contributed by atoms with Gasteiger partial charge in [-0.05, 0) is 66.8 Å². The Kier molecular flexibility index (Phi) is 5.45. The number of benzene rings is 3. The van der Waals surface area contributed by atoms with Gasteiger partial charge in [-0.25, -0.2) is 4.85 Å². The van der Waals surface area contributed by atoms with Crippen LogP contribution in [0.4, 0.5) is 11.4 Å². The van der Waals surface area contributed by atoms with Crippen molar-refractivity contribution in [2.75, 3.05) is 18.0 Å². The smallest absolute Gasteiger partial charge is 0.262 e. The lowest BCUT2D eigenvalue weighted by atomic mass is 9.99. The maximum absolute atomic E-state index is 13.4. The molecule has 0 amide bonds. The van der Waals surface area contributed by atoms with E-state index in [1.165, 1.54) is 0 Å². The van der Waals surface area contributed by atoms with Crippen LogP contribution >= 0.6 is 0 Å². The molecule has 0 bridgehead atoms. The van der Waals surface area contributed by atoms with Crippen LogP contribution in [0.2, 0.25) is 0 Å². The van der Waals surface area contributed by atoms with Crippen molar-refractivity contribution in [2.24, 2.45) is 0 Å². The first-order valence-corrected chi connectivity index (χ1v) is 11.2. The van der Waals surface area contributed by atoms with Crippen LogP contribution in [0.25, 0.3) is 32.4 Å². The van der Waals surface area contributed by atoms with E-state index < -0.39 is 0 Å². The number of aromatic nitrogens is 1. The Balaban J connectivity index is 1.50. The van der Waals surface area contributed by atoms with E-state index in [1.807, 2.05) is 54.7 Å². The average Bonchev–Trinajstić information content (AvgIpc) is 2.84. The number of anilines is 1. The Labute approximate surface area is 193 Å². The Morgan fingerprint density at radius 1 is 0.848 bits per heavy atom. The van der Waals surface area contributed by atoms with Crippen molar-refractivity contribution in [1.82, 2.24) is 4.57 Å². The second kappa shape index (κ2) is 8.57. The van der Waals surface area contributed by atoms with Crippen LogP contribution < -0.4 is 10.5 Å². The molecule has 3 aromatic carbocycles. The molecule has 0 saturated carbocycles. The third-order valence-electron chi connectivity index (χ3n) is 6.17. The zero-order valence-electron chi connectivity index (χ0n) is 18.7. The minimum absolute atomic E-state index is 0.0477. The minimum Gasteiger partial charge on any atom is -0.372 e. The number of hydrogen-bond donors (Lipinski definition) is 0. The fourth-order valence-corrected chi connectivity index (χ4v) is 4.66. The highest BCUT2D eigenvalue weighted by molar-refractivity contribution is 5.96. The predicted octanol–water partition coefficient (Wildman–Crippen LogP) is 5.82. The molecule has 2 atom stereocenters. The number of hydrogen-bond acceptors (Lipinski definition) is 3. The van der Waals surface area contributed by atoms with Crippen LogP contribution in [0, 0.1) is 6.57 Å². The Morgan fingerprint density at radius 2 is 1.52 bits per heavy atom. The van der Waals surface area contributed by atoms with Gasteiger partial charge in [-0.3, -0.25) is 9.36 Å². The molecule has 164 valence electrons. The Morgan fingerprint density at radius 3 is 2.18 bits per heavy atom. The number of fused-ring (bicyclic) bond motifs is 1. The van der Waals surface area contributed by atoms with Crippen molar-refractivity contribution < 1.29 is 4.74 Å². The number of ether oxygens (including phenoxy) is 1. The molecular weight excluding hydrogens is 410 g/mol. The summed E-state index contributed by atoms with van der Waals surface area (Å²) >= 11 is 0. The summed E-state index contributed by atoms with van der Waals surface area (Å²) in [6.07, 6.45) is 2.24. The van der Waals surface area contributed by atoms with Gasteiger partial charge in [-0.15, -0.1) is 0 Å². The fraction of sp³-hybridized carbons (Fsp3) is 0.214. The van der Waals surface area contributed by atoms with Gasteiger partial charge in [-0.1, -0.05) is 36.4 Å². The summed E-state index contributed by atoms with van der Waals surface area (Å²) in [7, 11) is 0. The van der Waals surface area contributed by atoms with Crippen molar-refractivity contribution in [2.45, 2.75) is 26.1 Å². The largest absolute Gasteiger partial charge is 0.372 e. The molecule has 1 aliphatic rings. The Hall–Kier alpha value is -3.88. The highest BCUT2D eigenvalue weighted by Crippen LogP contribution is 2.29. The van der Waals surface area contributed by atoms with E-state index in [0.717, 1.165) is 41.0 Å². The number of rotatable bonds is 3. The molecule has 0 radical (unpaired) electrons. The van der Waals surface area contributed by atoms with Gasteiger partial charge >= 0.3 is 0 Å². The van der Waals surface area contributed by atoms with Gasteiger partial charge < -0.3 is 9.64 Å². The average molecular weight is 436 g/mol. The summed E-state index contributed by atoms with van der Waals surface area (Å²) in [4.78, 5) is 19.2. The molecular formula is C28H25N3O2. The second-order valence-electron chi connectivity index (χ2n) is 8.60. The first-order valence-electron chi connectivity index (χ1n) is 11.2. The highest BCUT2D eigenvalue weighted by atomic mass is 16.5. The normalized spacial score (nSPS) is 18.3. The zero-order valence-corrected chi connectivity index (χ0v) is 18.7. The van der Waals surface area contributed by atoms with Gasteiger partial charge in [0.05, 0.1) is 18.8 Å². The van der Waals surface area contributed by atoms with Gasteiger partial charge in [0, 0.05) is 36.0 Å². The van der Waals surface area contributed by atoms with Crippen LogP contribution in [0.1, 0.15) is 13.8 Å². The van der Waals surface area contributed by atoms with Gasteiger partial charge in [0.2, 0.25) is 0 Å². The minimum atomic E-state index is -0.0477. The molecule has 0 N–H and O–H groups in total. The number of morpholine rings is 1. The van der Waals surface area contributed by atoms with Gasteiger partial charge in [0.15, 0.2) is 5.69 Å². The summed E-state index contributed by atoms with van der Waals surface area (Å²) in [6, 6.07) is 23.4. The SMILES string of the molecule is [C-]#[N+]c1ccc(-c2cccc3c(=O)n(-c4ccc(N5C[C@@H](C)O[C@@H](C)C5)cc4)ccc23)cc1. The summed E-state index contributed by atoms with van der Waals surface area (Å²) in [5.41, 5.74) is 4.51. The lowest BCUT2D eigenvalue weighted by Gasteiger charge is -2.36. The number of pyridine rings is 1. The van der Waals surface area contributed by atoms with Crippen LogP contribution in [0.15, 0.2) is 83.8 Å². The third-order valence-corrected chi connectivity index (χ3v) is 6.17. The monoisotopic (exact) mass is 435 g/mol. The fourth-order valence-electron chi connectivity index (χ4n) is 4.66. The quantitative estimate of drug-likeness (QED) is 0.381. The van der Waals surface area contributed by atoms with Crippen LogP contribution in [-0.2, 0) is 4.74 Å². The van der Waals surface area contributed by atoms with Gasteiger partial charge in [-0.2, -0.15) is 0 Å². The number of nitrogens with zero attached hydrogens (tertiary/aromatic N) is 3. The molecule has 1 saturated heterocycles. The van der Waals surface area contributed by atoms with Crippen LogP contribution in [-0.4, -0.2) is 29.9 Å². The summed E-state index contributed by atoms with van der Waals surface area (Å²) in [5, 5.41) is 1.58. The van der Waals surface area contributed by atoms with Crippen molar-refractivity contribution in [3.8, 4) is 16.8 Å². The van der Waals surface area contributed by atoms with Crippen LogP contribution in [0.5, 0.6) is 0 Å². The lowest BCUT2D eigenvalue weighted by Crippen LogP contribution is -2.45. The summed E-state index contributed by atoms with van der Waals surface area (Å²) in [6.45, 7) is 13.1. The topological polar surface area (TPSA) is 38.8 Å². The van der Waals surface area contributed by atoms with E-state index in [2.05, 4.69) is 35.7 Å². The van der Waals surface area contributed by atoms with Crippen molar-refractivity contribution in [3.05, 3.63) is 101 Å². The van der Waals surface area contributed by atoms with Crippen LogP contribution in [0.3, 0.4) is 0 Å². The van der Waals surface area contributed by atoms with E-state index in [1.54, 1.807) is 16.7 Å². The van der Waals surface area contributed by atoms with Crippen molar-refractivity contribution in [3.63, 3.8) is 0 Å². The third kappa shape index (κ3) is 4.02. The Bertz CT molecular complexity index is 1390. The predicted molar refractivity (Wildman–Crippen MR) is 133 cm³/mol. The molecule has 33 heavy (non-hydrogen) atoms. The second-order valence-corrected chi connectivity index (χ2v) is 8.60. The zero-order chi connectivity index (χ0) is 22.9. The summed E-state index contributed by atoms with van der Waals surface area (Å²) < 4.78 is 7.54. The summed E-state index contributed by atoms with van der Waals surface area (Å²) in [5.74, 6) is 0. The molecule has 4 aromatic rings. The molecule has 5 nitrogen and oxygen atoms in total. The molecule has 0 unspecified atom stereocenters.